The second kappa shape index (κ2) is 6.10. The molecule has 2 rings (SSSR count). The maximum absolute atomic E-state index is 13.1. The van der Waals surface area contributed by atoms with Crippen LogP contribution in [0.4, 0.5) is 4.39 Å². The van der Waals surface area contributed by atoms with Gasteiger partial charge in [0.25, 0.3) is 0 Å². The third-order valence-corrected chi connectivity index (χ3v) is 3.89. The van der Waals surface area contributed by atoms with Crippen LogP contribution in [0.5, 0.6) is 0 Å². The Morgan fingerprint density at radius 2 is 2.37 bits per heavy atom. The van der Waals surface area contributed by atoms with Gasteiger partial charge in [0.1, 0.15) is 5.82 Å². The van der Waals surface area contributed by atoms with E-state index in [-0.39, 0.29) is 23.7 Å². The van der Waals surface area contributed by atoms with Crippen LogP contribution in [-0.2, 0) is 4.79 Å². The topological polar surface area (TPSA) is 62.2 Å². The summed E-state index contributed by atoms with van der Waals surface area (Å²) in [7, 11) is 0. The van der Waals surface area contributed by atoms with Gasteiger partial charge in [0.05, 0.1) is 12.1 Å². The fourth-order valence-electron chi connectivity index (χ4n) is 2.72. The molecule has 104 valence electrons. The summed E-state index contributed by atoms with van der Waals surface area (Å²) in [4.78, 5) is 14.9. The first kappa shape index (κ1) is 13.9. The lowest BCUT2D eigenvalue weighted by Gasteiger charge is -2.20. The van der Waals surface area contributed by atoms with Crippen molar-refractivity contribution in [3.63, 3.8) is 0 Å². The number of pyridine rings is 1. The molecule has 0 radical (unpaired) electrons. The molecule has 0 spiro atoms. The number of halogens is 1. The van der Waals surface area contributed by atoms with Gasteiger partial charge >= 0.3 is 5.97 Å². The summed E-state index contributed by atoms with van der Waals surface area (Å²) in [5.74, 6) is -1.13. The van der Waals surface area contributed by atoms with E-state index in [4.69, 9.17) is 5.11 Å². The molecular formula is C14H19FN2O2. The maximum atomic E-state index is 13.1. The highest BCUT2D eigenvalue weighted by Crippen LogP contribution is 2.31. The predicted molar refractivity (Wildman–Crippen MR) is 69.1 cm³/mol. The lowest BCUT2D eigenvalue weighted by atomic mass is 9.95. The number of aliphatic carboxylic acids is 1. The number of nitrogens with one attached hydrogen (secondary N) is 1. The van der Waals surface area contributed by atoms with Crippen LogP contribution in [0.3, 0.4) is 0 Å². The lowest BCUT2D eigenvalue weighted by molar-refractivity contribution is -0.142. The van der Waals surface area contributed by atoms with E-state index in [0.717, 1.165) is 24.8 Å². The van der Waals surface area contributed by atoms with Crippen molar-refractivity contribution < 1.29 is 14.3 Å². The molecule has 3 unspecified atom stereocenters. The van der Waals surface area contributed by atoms with Gasteiger partial charge in [-0.15, -0.1) is 0 Å². The molecule has 3 atom stereocenters. The van der Waals surface area contributed by atoms with Crippen molar-refractivity contribution in [3.05, 3.63) is 29.8 Å². The zero-order chi connectivity index (χ0) is 13.8. The minimum atomic E-state index is -0.704. The van der Waals surface area contributed by atoms with Gasteiger partial charge in [-0.2, -0.15) is 0 Å². The van der Waals surface area contributed by atoms with Gasteiger partial charge in [-0.05, 0) is 43.9 Å². The molecule has 0 aromatic carbocycles. The van der Waals surface area contributed by atoms with Gasteiger partial charge in [-0.1, -0.05) is 6.42 Å². The van der Waals surface area contributed by atoms with Crippen LogP contribution in [0.15, 0.2) is 18.5 Å². The van der Waals surface area contributed by atoms with E-state index in [1.807, 2.05) is 6.92 Å². The number of nitrogens with zero attached hydrogens (tertiary/aromatic N) is 1. The van der Waals surface area contributed by atoms with Crippen LogP contribution in [0.2, 0.25) is 0 Å². The van der Waals surface area contributed by atoms with E-state index in [0.29, 0.717) is 6.54 Å². The molecule has 0 aliphatic heterocycles. The molecule has 19 heavy (non-hydrogen) atoms. The fourth-order valence-corrected chi connectivity index (χ4v) is 2.72. The molecule has 4 nitrogen and oxygen atoms in total. The first-order chi connectivity index (χ1) is 9.08. The summed E-state index contributed by atoms with van der Waals surface area (Å²) in [6.45, 7) is 2.58. The van der Waals surface area contributed by atoms with Gasteiger partial charge in [-0.3, -0.25) is 9.78 Å². The first-order valence-corrected chi connectivity index (χ1v) is 6.64. The molecule has 1 fully saturated rings. The van der Waals surface area contributed by atoms with E-state index in [1.54, 1.807) is 6.20 Å². The average Bonchev–Trinajstić information content (AvgIpc) is 2.84. The zero-order valence-corrected chi connectivity index (χ0v) is 11.0. The Balaban J connectivity index is 1.90. The molecule has 1 aromatic heterocycles. The Labute approximate surface area is 112 Å². The largest absolute Gasteiger partial charge is 0.481 e. The van der Waals surface area contributed by atoms with Crippen molar-refractivity contribution >= 4 is 5.97 Å². The Hall–Kier alpha value is -1.49. The van der Waals surface area contributed by atoms with Crippen LogP contribution >= 0.6 is 0 Å². The Morgan fingerprint density at radius 1 is 1.58 bits per heavy atom. The number of hydrogen-bond acceptors (Lipinski definition) is 3. The zero-order valence-electron chi connectivity index (χ0n) is 11.0. The summed E-state index contributed by atoms with van der Waals surface area (Å²) in [6, 6.07) is 1.42. The highest BCUT2D eigenvalue weighted by atomic mass is 19.1. The van der Waals surface area contributed by atoms with Gasteiger partial charge in [0.2, 0.25) is 0 Å². The van der Waals surface area contributed by atoms with Crippen molar-refractivity contribution in [1.29, 1.82) is 0 Å². The highest BCUT2D eigenvalue weighted by Gasteiger charge is 2.32. The van der Waals surface area contributed by atoms with Gasteiger partial charge in [0, 0.05) is 12.2 Å². The summed E-state index contributed by atoms with van der Waals surface area (Å²) < 4.78 is 13.1. The van der Waals surface area contributed by atoms with Crippen molar-refractivity contribution in [1.82, 2.24) is 10.3 Å². The molecule has 1 saturated carbocycles. The monoisotopic (exact) mass is 266 g/mol. The van der Waals surface area contributed by atoms with Gasteiger partial charge in [-0.25, -0.2) is 4.39 Å². The molecule has 0 bridgehead atoms. The molecular weight excluding hydrogens is 247 g/mol. The van der Waals surface area contributed by atoms with Gasteiger partial charge in [0.15, 0.2) is 0 Å². The fraction of sp³-hybridized carbons (Fsp3) is 0.571. The summed E-state index contributed by atoms with van der Waals surface area (Å²) in [5, 5.41) is 12.4. The summed E-state index contributed by atoms with van der Waals surface area (Å²) in [5.41, 5.74) is 0.782. The molecule has 5 heteroatoms. The number of rotatable bonds is 5. The highest BCUT2D eigenvalue weighted by molar-refractivity contribution is 5.70. The average molecular weight is 266 g/mol. The van der Waals surface area contributed by atoms with E-state index in [1.165, 1.54) is 12.3 Å². The van der Waals surface area contributed by atoms with Crippen LogP contribution in [0.25, 0.3) is 0 Å². The standard InChI is InChI=1S/C14H19FN2O2/c1-9(11-5-12(15)8-16-6-11)17-7-10-3-2-4-13(10)14(18)19/h5-6,8-10,13,17H,2-4,7H2,1H3,(H,18,19). The Morgan fingerprint density at radius 3 is 3.05 bits per heavy atom. The number of carboxylic acids is 1. The SMILES string of the molecule is CC(NCC1CCCC1C(=O)O)c1cncc(F)c1. The van der Waals surface area contributed by atoms with Crippen LogP contribution in [0.1, 0.15) is 37.8 Å². The molecule has 1 aromatic rings. The molecule has 1 heterocycles. The summed E-state index contributed by atoms with van der Waals surface area (Å²) in [6.07, 6.45) is 5.48. The van der Waals surface area contributed by atoms with Crippen molar-refractivity contribution in [3.8, 4) is 0 Å². The van der Waals surface area contributed by atoms with Crippen LogP contribution < -0.4 is 5.32 Å². The first-order valence-electron chi connectivity index (χ1n) is 6.64. The smallest absolute Gasteiger partial charge is 0.306 e. The van der Waals surface area contributed by atoms with Crippen molar-refractivity contribution in [2.24, 2.45) is 11.8 Å². The van der Waals surface area contributed by atoms with Crippen LogP contribution in [0, 0.1) is 17.7 Å². The maximum Gasteiger partial charge on any atom is 0.306 e. The normalized spacial score (nSPS) is 24.3. The second-order valence-corrected chi connectivity index (χ2v) is 5.20. The quantitative estimate of drug-likeness (QED) is 0.859. The van der Waals surface area contributed by atoms with E-state index in [2.05, 4.69) is 10.3 Å². The summed E-state index contributed by atoms with van der Waals surface area (Å²) >= 11 is 0. The third kappa shape index (κ3) is 3.50. The van der Waals surface area contributed by atoms with Crippen molar-refractivity contribution in [2.75, 3.05) is 6.54 Å². The van der Waals surface area contributed by atoms with E-state index < -0.39 is 5.97 Å². The minimum absolute atomic E-state index is 0.0294. The molecule has 2 N–H and O–H groups in total. The van der Waals surface area contributed by atoms with Crippen molar-refractivity contribution in [2.45, 2.75) is 32.2 Å². The third-order valence-electron chi connectivity index (χ3n) is 3.89. The van der Waals surface area contributed by atoms with E-state index in [9.17, 15) is 9.18 Å². The Kier molecular flexibility index (Phi) is 4.47. The molecule has 0 saturated heterocycles. The molecule has 1 aliphatic carbocycles. The number of aromatic nitrogens is 1. The number of carbonyl (C=O) groups is 1. The number of hydrogen-bond donors (Lipinski definition) is 2. The van der Waals surface area contributed by atoms with Crippen LogP contribution in [-0.4, -0.2) is 22.6 Å². The molecule has 1 aliphatic rings. The van der Waals surface area contributed by atoms with E-state index >= 15 is 0 Å². The molecule has 0 amide bonds. The lowest BCUT2D eigenvalue weighted by Crippen LogP contribution is -2.30. The van der Waals surface area contributed by atoms with Gasteiger partial charge < -0.3 is 10.4 Å². The predicted octanol–water partition coefficient (Wildman–Crippen LogP) is 2.37. The number of carboxylic acid groups (broad SMARTS) is 1. The minimum Gasteiger partial charge on any atom is -0.481 e. The second-order valence-electron chi connectivity index (χ2n) is 5.20. The Bertz CT molecular complexity index is 453.